The molecule has 0 aliphatic carbocycles. The number of H-pyrrole nitrogens is 2. The van der Waals surface area contributed by atoms with Gasteiger partial charge in [-0.2, -0.15) is 0 Å². The lowest BCUT2D eigenvalue weighted by atomic mass is 10.0. The standard InChI is InChI=1S/C31H39N7O6/c32-12-6-5-11-25(29(41)38-27(17-39)31(43)44)36-30(42)26(14-19-16-35-24-10-4-2-8-21(19)24)37-28(40)22(33)13-18-15-34-23-9-3-1-7-20(18)23/h1-4,7-10,15-16,22,25-27,34-35,39H,5-6,11-14,17,32-33H2,(H,36,42)(H,37,40)(H,38,41)(H,43,44). The van der Waals surface area contributed by atoms with Crippen LogP contribution in [0.4, 0.5) is 0 Å². The molecule has 13 heteroatoms. The van der Waals surface area contributed by atoms with Crippen LogP contribution in [0.2, 0.25) is 0 Å². The number of carbonyl (C=O) groups excluding carboxylic acids is 3. The van der Waals surface area contributed by atoms with E-state index in [9.17, 15) is 29.4 Å². The highest BCUT2D eigenvalue weighted by Crippen LogP contribution is 2.21. The van der Waals surface area contributed by atoms with Crippen molar-refractivity contribution in [1.82, 2.24) is 25.9 Å². The van der Waals surface area contributed by atoms with Gasteiger partial charge < -0.3 is 47.6 Å². The van der Waals surface area contributed by atoms with Gasteiger partial charge in [-0.05, 0) is 55.5 Å². The molecule has 0 saturated heterocycles. The molecule has 4 aromatic rings. The zero-order valence-electron chi connectivity index (χ0n) is 24.2. The molecule has 0 bridgehead atoms. The van der Waals surface area contributed by atoms with Gasteiger partial charge >= 0.3 is 5.97 Å². The number of rotatable bonds is 16. The fourth-order valence-corrected chi connectivity index (χ4v) is 5.13. The highest BCUT2D eigenvalue weighted by Gasteiger charge is 2.31. The monoisotopic (exact) mass is 605 g/mol. The van der Waals surface area contributed by atoms with Crippen molar-refractivity contribution in [2.75, 3.05) is 13.2 Å². The molecule has 2 aromatic carbocycles. The lowest BCUT2D eigenvalue weighted by Crippen LogP contribution is -2.58. The van der Waals surface area contributed by atoms with E-state index in [0.717, 1.165) is 32.9 Å². The topological polar surface area (TPSA) is 228 Å². The van der Waals surface area contributed by atoms with E-state index < -0.39 is 54.5 Å². The fraction of sp³-hybridized carbons (Fsp3) is 0.355. The van der Waals surface area contributed by atoms with Crippen molar-refractivity contribution in [1.29, 1.82) is 0 Å². The van der Waals surface area contributed by atoms with Crippen molar-refractivity contribution < 1.29 is 29.4 Å². The zero-order chi connectivity index (χ0) is 31.6. The number of carboxylic acids is 1. The van der Waals surface area contributed by atoms with Crippen molar-refractivity contribution in [3.8, 4) is 0 Å². The Morgan fingerprint density at radius 2 is 1.25 bits per heavy atom. The lowest BCUT2D eigenvalue weighted by molar-refractivity contribution is -0.143. The number of nitrogens with two attached hydrogens (primary N) is 2. The van der Waals surface area contributed by atoms with Crippen molar-refractivity contribution in [2.45, 2.75) is 56.3 Å². The molecule has 4 atom stereocenters. The summed E-state index contributed by atoms with van der Waals surface area (Å²) in [6.07, 6.45) is 5.08. The normalized spacial score (nSPS) is 14.1. The number of hydrogen-bond donors (Lipinski definition) is 9. The minimum atomic E-state index is -1.54. The van der Waals surface area contributed by atoms with Crippen LogP contribution in [-0.2, 0) is 32.0 Å². The number of aromatic amines is 2. The highest BCUT2D eigenvalue weighted by atomic mass is 16.4. The van der Waals surface area contributed by atoms with Gasteiger partial charge in [-0.15, -0.1) is 0 Å². The number of nitrogens with one attached hydrogen (secondary N) is 5. The summed E-state index contributed by atoms with van der Waals surface area (Å²) in [6, 6.07) is 10.4. The summed E-state index contributed by atoms with van der Waals surface area (Å²) in [7, 11) is 0. The van der Waals surface area contributed by atoms with E-state index in [0.29, 0.717) is 19.4 Å². The predicted octanol–water partition coefficient (Wildman–Crippen LogP) is 0.422. The molecular weight excluding hydrogens is 566 g/mol. The number of aromatic nitrogens is 2. The van der Waals surface area contributed by atoms with Crippen LogP contribution in [-0.4, -0.2) is 81.2 Å². The Hall–Kier alpha value is -4.72. The third-order valence-corrected chi connectivity index (χ3v) is 7.56. The third-order valence-electron chi connectivity index (χ3n) is 7.56. The first kappa shape index (κ1) is 32.2. The maximum Gasteiger partial charge on any atom is 0.328 e. The van der Waals surface area contributed by atoms with E-state index in [1.165, 1.54) is 0 Å². The van der Waals surface area contributed by atoms with E-state index in [1.807, 2.05) is 48.5 Å². The number of aliphatic carboxylic acids is 1. The molecule has 13 nitrogen and oxygen atoms in total. The van der Waals surface area contributed by atoms with Crippen molar-refractivity contribution in [3.05, 3.63) is 72.1 Å². The molecule has 0 saturated carbocycles. The van der Waals surface area contributed by atoms with Crippen LogP contribution < -0.4 is 27.4 Å². The van der Waals surface area contributed by atoms with Crippen LogP contribution >= 0.6 is 0 Å². The van der Waals surface area contributed by atoms with E-state index in [4.69, 9.17) is 11.5 Å². The van der Waals surface area contributed by atoms with Crippen molar-refractivity contribution in [3.63, 3.8) is 0 Å². The van der Waals surface area contributed by atoms with Gasteiger partial charge in [0.15, 0.2) is 0 Å². The molecule has 2 heterocycles. The second-order valence-electron chi connectivity index (χ2n) is 10.7. The maximum absolute atomic E-state index is 13.7. The molecule has 0 aliphatic heterocycles. The Bertz CT molecular complexity index is 1600. The van der Waals surface area contributed by atoms with Crippen LogP contribution in [0.25, 0.3) is 21.8 Å². The molecule has 4 unspecified atom stereocenters. The van der Waals surface area contributed by atoms with Gasteiger partial charge in [-0.25, -0.2) is 4.79 Å². The molecule has 0 spiro atoms. The summed E-state index contributed by atoms with van der Waals surface area (Å²) < 4.78 is 0. The van der Waals surface area contributed by atoms with Crippen LogP contribution in [0.1, 0.15) is 30.4 Å². The number of amides is 3. The van der Waals surface area contributed by atoms with E-state index in [2.05, 4.69) is 25.9 Å². The fourth-order valence-electron chi connectivity index (χ4n) is 5.13. The van der Waals surface area contributed by atoms with E-state index in [1.54, 1.807) is 12.4 Å². The number of hydrogen-bond acceptors (Lipinski definition) is 7. The zero-order valence-corrected chi connectivity index (χ0v) is 24.2. The highest BCUT2D eigenvalue weighted by molar-refractivity contribution is 5.95. The molecule has 0 aliphatic rings. The van der Waals surface area contributed by atoms with Crippen molar-refractivity contribution >= 4 is 45.5 Å². The molecule has 44 heavy (non-hydrogen) atoms. The number of carboxylic acid groups (broad SMARTS) is 1. The Morgan fingerprint density at radius 3 is 1.82 bits per heavy atom. The van der Waals surface area contributed by atoms with E-state index in [-0.39, 0.29) is 19.3 Å². The molecular formula is C31H39N7O6. The molecule has 2 aromatic heterocycles. The quantitative estimate of drug-likeness (QED) is 0.0811. The maximum atomic E-state index is 13.7. The van der Waals surface area contributed by atoms with Gasteiger partial charge in [-0.1, -0.05) is 36.4 Å². The molecule has 3 amide bonds. The Morgan fingerprint density at radius 1 is 0.727 bits per heavy atom. The van der Waals surface area contributed by atoms with Crippen molar-refractivity contribution in [2.24, 2.45) is 11.5 Å². The van der Waals surface area contributed by atoms with Gasteiger partial charge in [-0.3, -0.25) is 14.4 Å². The number of carbonyl (C=O) groups is 4. The van der Waals surface area contributed by atoms with E-state index >= 15 is 0 Å². The minimum absolute atomic E-state index is 0.0902. The van der Waals surface area contributed by atoms with Gasteiger partial charge in [0, 0.05) is 40.6 Å². The number of aliphatic hydroxyl groups is 1. The SMILES string of the molecule is NCCCCC(NC(=O)C(Cc1c[nH]c2ccccc12)NC(=O)C(N)Cc1c[nH]c2ccccc12)C(=O)NC(CO)C(=O)O. The number of benzene rings is 2. The summed E-state index contributed by atoms with van der Waals surface area (Å²) in [6.45, 7) is -0.456. The number of fused-ring (bicyclic) bond motifs is 2. The number of para-hydroxylation sites is 2. The van der Waals surface area contributed by atoms with Crippen LogP contribution in [0.15, 0.2) is 60.9 Å². The largest absolute Gasteiger partial charge is 0.480 e. The number of aliphatic hydroxyl groups excluding tert-OH is 1. The second kappa shape index (κ2) is 15.1. The van der Waals surface area contributed by atoms with Gasteiger partial charge in [0.1, 0.15) is 18.1 Å². The second-order valence-corrected chi connectivity index (χ2v) is 10.7. The first-order chi connectivity index (χ1) is 21.2. The molecule has 11 N–H and O–H groups in total. The summed E-state index contributed by atoms with van der Waals surface area (Å²) >= 11 is 0. The summed E-state index contributed by atoms with van der Waals surface area (Å²) in [4.78, 5) is 57.9. The lowest BCUT2D eigenvalue weighted by Gasteiger charge is -2.25. The summed E-state index contributed by atoms with van der Waals surface area (Å²) in [5, 5.41) is 28.2. The molecule has 0 fully saturated rings. The van der Waals surface area contributed by atoms with Gasteiger partial charge in [0.25, 0.3) is 0 Å². The molecule has 234 valence electrons. The summed E-state index contributed by atoms with van der Waals surface area (Å²) in [5.74, 6) is -3.39. The van der Waals surface area contributed by atoms with Crippen LogP contribution in [0.3, 0.4) is 0 Å². The predicted molar refractivity (Wildman–Crippen MR) is 165 cm³/mol. The van der Waals surface area contributed by atoms with Gasteiger partial charge in [0.05, 0.1) is 12.6 Å². The first-order valence-electron chi connectivity index (χ1n) is 14.5. The Balaban J connectivity index is 1.55. The Labute approximate surface area is 253 Å². The van der Waals surface area contributed by atoms with Gasteiger partial charge in [0.2, 0.25) is 17.7 Å². The third kappa shape index (κ3) is 8.01. The Kier molecular flexibility index (Phi) is 11.1. The molecule has 4 rings (SSSR count). The smallest absolute Gasteiger partial charge is 0.328 e. The minimum Gasteiger partial charge on any atom is -0.480 e. The average Bonchev–Trinajstić information content (AvgIpc) is 3.62. The average molecular weight is 606 g/mol. The summed E-state index contributed by atoms with van der Waals surface area (Å²) in [5.41, 5.74) is 15.3. The van der Waals surface area contributed by atoms with Crippen LogP contribution in [0, 0.1) is 0 Å². The number of unbranched alkanes of at least 4 members (excludes halogenated alkanes) is 1. The first-order valence-corrected chi connectivity index (χ1v) is 14.5. The van der Waals surface area contributed by atoms with Crippen LogP contribution in [0.5, 0.6) is 0 Å². The molecule has 0 radical (unpaired) electrons.